The zero-order valence-corrected chi connectivity index (χ0v) is 29.6. The lowest BCUT2D eigenvalue weighted by Crippen LogP contribution is -2.56. The Morgan fingerprint density at radius 1 is 1.24 bits per heavy atom. The summed E-state index contributed by atoms with van der Waals surface area (Å²) < 4.78 is 46.2. The fourth-order valence-electron chi connectivity index (χ4n) is 4.75. The second-order valence-electron chi connectivity index (χ2n) is 13.7. The van der Waals surface area contributed by atoms with Crippen molar-refractivity contribution in [2.45, 2.75) is 88.8 Å². The molecule has 1 N–H and O–H groups in total. The predicted molar refractivity (Wildman–Crippen MR) is 179 cm³/mol. The van der Waals surface area contributed by atoms with Crippen LogP contribution in [-0.4, -0.2) is 60.5 Å². The largest absolute Gasteiger partial charge is 0.468 e. The van der Waals surface area contributed by atoms with Crippen molar-refractivity contribution < 1.29 is 32.6 Å². The number of halogens is 2. The van der Waals surface area contributed by atoms with Crippen molar-refractivity contribution in [2.75, 3.05) is 13.7 Å². The van der Waals surface area contributed by atoms with E-state index in [4.69, 9.17) is 19.5 Å². The summed E-state index contributed by atoms with van der Waals surface area (Å²) in [7, 11) is -0.252. The Morgan fingerprint density at radius 3 is 2.50 bits per heavy atom. The monoisotopic (exact) mass is 672 g/mol. The molecule has 0 unspecified atom stereocenters. The Labute approximate surface area is 274 Å². The normalized spacial score (nSPS) is 22.0. The Kier molecular flexibility index (Phi) is 11.6. The summed E-state index contributed by atoms with van der Waals surface area (Å²) in [5, 5.41) is 12.4. The van der Waals surface area contributed by atoms with Crippen LogP contribution in [0.5, 0.6) is 0 Å². The molecule has 2 heterocycles. The maximum atomic E-state index is 15.6. The minimum atomic E-state index is -1.52. The van der Waals surface area contributed by atoms with Gasteiger partial charge in [-0.25, -0.2) is 18.6 Å². The second kappa shape index (κ2) is 14.4. The highest BCUT2D eigenvalue weighted by molar-refractivity contribution is 8.15. The molecule has 1 aliphatic rings. The van der Waals surface area contributed by atoms with E-state index in [2.05, 4.69) is 34.9 Å². The first-order valence-electron chi connectivity index (χ1n) is 14.8. The Balaban J connectivity index is 2.07. The van der Waals surface area contributed by atoms with Gasteiger partial charge in [-0.3, -0.25) is 9.78 Å². The first-order chi connectivity index (χ1) is 21.3. The first-order valence-corrected chi connectivity index (χ1v) is 19.3. The van der Waals surface area contributed by atoms with E-state index in [0.717, 1.165) is 17.8 Å². The molecule has 0 saturated carbocycles. The lowest BCUT2D eigenvalue weighted by atomic mass is 9.81. The number of methoxy groups -OCH3 is 1. The van der Waals surface area contributed by atoms with E-state index in [1.807, 2.05) is 6.07 Å². The fraction of sp³-hybridized carbons (Fsp3) is 0.485. The number of amidine groups is 1. The van der Waals surface area contributed by atoms with Crippen LogP contribution < -0.4 is 5.32 Å². The highest BCUT2D eigenvalue weighted by Gasteiger charge is 2.50. The molecule has 46 heavy (non-hydrogen) atoms. The summed E-state index contributed by atoms with van der Waals surface area (Å²) in [6, 6.07) is 9.65. The second-order valence-corrected chi connectivity index (χ2v) is 20.8. The Hall–Kier alpha value is -3.60. The maximum Gasteiger partial charge on any atom is 0.359 e. The third kappa shape index (κ3) is 9.95. The number of nitrogens with one attached hydrogen (secondary N) is 1. The van der Waals surface area contributed by atoms with Crippen molar-refractivity contribution in [3.8, 4) is 6.07 Å². The molecule has 1 fully saturated rings. The summed E-state index contributed by atoms with van der Waals surface area (Å²) in [6.45, 7) is 15.4. The number of aromatic nitrogens is 1. The van der Waals surface area contributed by atoms with Crippen LogP contribution in [0.4, 0.5) is 8.78 Å². The summed E-state index contributed by atoms with van der Waals surface area (Å²) in [4.78, 5) is 34.9. The van der Waals surface area contributed by atoms with Gasteiger partial charge in [-0.15, -0.1) is 0 Å². The van der Waals surface area contributed by atoms with E-state index < -0.39 is 53.8 Å². The summed E-state index contributed by atoms with van der Waals surface area (Å²) in [5.74, 6) is -2.55. The number of ether oxygens (including phenoxy) is 3. The summed E-state index contributed by atoms with van der Waals surface area (Å²) in [5.41, 5.74) is -1.30. The number of esters is 2. The zero-order chi connectivity index (χ0) is 34.5. The molecule has 3 rings (SSSR count). The molecule has 0 amide bonds. The molecule has 0 radical (unpaired) electrons. The number of pyridine rings is 1. The van der Waals surface area contributed by atoms with Crippen LogP contribution >= 0.6 is 11.8 Å². The molecule has 1 aromatic carbocycles. The number of carbonyl (C=O) groups excluding carboxylic acids is 2. The van der Waals surface area contributed by atoms with Crippen molar-refractivity contribution in [3.63, 3.8) is 0 Å². The standard InChI is InChI=1S/C33H42F2N4O5SSi/c1-31(2,3)44-28(40)27(43-14-15-46(7,8)9)38-30-39-32(4,20-33(5,45-30)29(41)42-6)23-16-21(10-12-24(23)34)17-25(35)26-13-11-22(18-36)19-37-26/h10-13,16-17,19,27H,14-15,20H2,1-9H3,(H,38,39)/b25-17-/t27-,32-,33-/m0/s1. The van der Waals surface area contributed by atoms with Crippen LogP contribution in [0.15, 0.2) is 41.5 Å². The SMILES string of the molecule is COC(=O)[C@]1(C)C[C@@](C)(c2cc(/C=C(\F)c3ccc(C#N)cn3)ccc2F)N/C(=N/[C@@H](OCC[Si](C)(C)C)C(=O)OC(C)(C)C)S1. The van der Waals surface area contributed by atoms with Crippen molar-refractivity contribution in [1.82, 2.24) is 10.3 Å². The van der Waals surface area contributed by atoms with Gasteiger partial charge in [0.25, 0.3) is 0 Å². The van der Waals surface area contributed by atoms with Gasteiger partial charge < -0.3 is 19.5 Å². The van der Waals surface area contributed by atoms with Crippen LogP contribution in [0.25, 0.3) is 11.9 Å². The molecule has 1 saturated heterocycles. The molecule has 9 nitrogen and oxygen atoms in total. The molecule has 3 atom stereocenters. The van der Waals surface area contributed by atoms with Gasteiger partial charge in [-0.2, -0.15) is 5.26 Å². The number of nitriles is 1. The van der Waals surface area contributed by atoms with E-state index in [1.165, 1.54) is 49.7 Å². The maximum absolute atomic E-state index is 15.6. The molecule has 13 heteroatoms. The summed E-state index contributed by atoms with van der Waals surface area (Å²) >= 11 is 1.05. The van der Waals surface area contributed by atoms with Gasteiger partial charge in [0.05, 0.1) is 23.9 Å². The van der Waals surface area contributed by atoms with E-state index in [1.54, 1.807) is 34.6 Å². The molecule has 0 bridgehead atoms. The fourth-order valence-corrected chi connectivity index (χ4v) is 6.86. The number of rotatable bonds is 10. The van der Waals surface area contributed by atoms with Crippen molar-refractivity contribution in [3.05, 3.63) is 64.7 Å². The van der Waals surface area contributed by atoms with Crippen LogP contribution in [0.1, 0.15) is 63.4 Å². The Bertz CT molecular complexity index is 1550. The average Bonchev–Trinajstić information content (AvgIpc) is 2.95. The van der Waals surface area contributed by atoms with Crippen molar-refractivity contribution >= 4 is 48.8 Å². The third-order valence-electron chi connectivity index (χ3n) is 7.00. The number of hydrogen-bond donors (Lipinski definition) is 1. The van der Waals surface area contributed by atoms with E-state index in [9.17, 15) is 9.59 Å². The highest BCUT2D eigenvalue weighted by atomic mass is 32.2. The smallest absolute Gasteiger partial charge is 0.359 e. The third-order valence-corrected chi connectivity index (χ3v) is 9.87. The van der Waals surface area contributed by atoms with Gasteiger partial charge in [0.1, 0.15) is 28.1 Å². The lowest BCUT2D eigenvalue weighted by molar-refractivity contribution is -0.167. The molecule has 1 aromatic heterocycles. The minimum Gasteiger partial charge on any atom is -0.468 e. The molecule has 248 valence electrons. The zero-order valence-electron chi connectivity index (χ0n) is 27.8. The topological polar surface area (TPSA) is 123 Å². The number of hydrogen-bond acceptors (Lipinski definition) is 9. The van der Waals surface area contributed by atoms with Gasteiger partial charge in [0, 0.05) is 26.4 Å². The van der Waals surface area contributed by atoms with E-state index in [0.29, 0.717) is 5.56 Å². The lowest BCUT2D eigenvalue weighted by Gasteiger charge is -2.44. The Morgan fingerprint density at radius 2 is 1.93 bits per heavy atom. The molecule has 2 aromatic rings. The van der Waals surface area contributed by atoms with E-state index >= 15 is 8.78 Å². The van der Waals surface area contributed by atoms with Gasteiger partial charge in [-0.1, -0.05) is 37.5 Å². The molecular formula is C33H42F2N4O5SSi. The predicted octanol–water partition coefficient (Wildman–Crippen LogP) is 6.81. The molecular weight excluding hydrogens is 631 g/mol. The van der Waals surface area contributed by atoms with E-state index in [-0.39, 0.29) is 35.0 Å². The quantitative estimate of drug-likeness (QED) is 0.214. The van der Waals surface area contributed by atoms with Crippen LogP contribution in [0.2, 0.25) is 25.7 Å². The van der Waals surface area contributed by atoms with Gasteiger partial charge >= 0.3 is 11.9 Å². The van der Waals surface area contributed by atoms with Crippen LogP contribution in [0.3, 0.4) is 0 Å². The average molecular weight is 673 g/mol. The summed E-state index contributed by atoms with van der Waals surface area (Å²) in [6.07, 6.45) is 1.19. The molecule has 1 aliphatic heterocycles. The number of benzene rings is 1. The minimum absolute atomic E-state index is 0.0123. The first kappa shape index (κ1) is 36.9. The number of carbonyl (C=O) groups is 2. The van der Waals surface area contributed by atoms with Crippen molar-refractivity contribution in [1.29, 1.82) is 5.26 Å². The van der Waals surface area contributed by atoms with Crippen molar-refractivity contribution in [2.24, 2.45) is 4.99 Å². The number of aliphatic imine (C=N–C) groups is 1. The van der Waals surface area contributed by atoms with Crippen LogP contribution in [0, 0.1) is 17.1 Å². The van der Waals surface area contributed by atoms with Crippen LogP contribution in [-0.2, 0) is 29.3 Å². The van der Waals surface area contributed by atoms with Gasteiger partial charge in [0.15, 0.2) is 5.17 Å². The number of nitrogens with zero attached hydrogens (tertiary/aromatic N) is 3. The molecule has 0 aliphatic carbocycles. The number of thioether (sulfide) groups is 1. The van der Waals surface area contributed by atoms with Gasteiger partial charge in [0.2, 0.25) is 6.23 Å². The van der Waals surface area contributed by atoms with Gasteiger partial charge in [-0.05, 0) is 83.0 Å². The molecule has 0 spiro atoms. The highest BCUT2D eigenvalue weighted by Crippen LogP contribution is 2.45.